The van der Waals surface area contributed by atoms with Gasteiger partial charge in [0.1, 0.15) is 18.1 Å². The van der Waals surface area contributed by atoms with E-state index in [1.54, 1.807) is 17.0 Å². The van der Waals surface area contributed by atoms with Gasteiger partial charge >= 0.3 is 6.18 Å². The van der Waals surface area contributed by atoms with Crippen molar-refractivity contribution in [2.75, 3.05) is 13.2 Å². The number of amides is 1. The monoisotopic (exact) mass is 476 g/mol. The molecule has 1 aliphatic carbocycles. The van der Waals surface area contributed by atoms with Crippen molar-refractivity contribution in [3.05, 3.63) is 48.3 Å². The molecule has 34 heavy (non-hydrogen) atoms. The number of carbonyl (C=O) groups excluding carboxylic acids is 2. The van der Waals surface area contributed by atoms with Crippen molar-refractivity contribution in [1.29, 1.82) is 0 Å². The largest absolute Gasteiger partial charge is 0.489 e. The molecule has 0 unspecified atom stereocenters. The van der Waals surface area contributed by atoms with Gasteiger partial charge in [-0.05, 0) is 50.7 Å². The minimum Gasteiger partial charge on any atom is -0.489 e. The second kappa shape index (κ2) is 10.5. The topological polar surface area (TPSA) is 85.3 Å². The van der Waals surface area contributed by atoms with Gasteiger partial charge in [0.05, 0.1) is 24.1 Å². The van der Waals surface area contributed by atoms with Crippen molar-refractivity contribution in [2.24, 2.45) is 11.8 Å². The molecule has 2 fully saturated rings. The van der Waals surface area contributed by atoms with Crippen LogP contribution in [0, 0.1) is 11.8 Å². The first-order valence-corrected chi connectivity index (χ1v) is 11.6. The molecule has 1 amide bonds. The third-order valence-corrected chi connectivity index (χ3v) is 6.62. The molecule has 4 rings (SSSR count). The second-order valence-electron chi connectivity index (χ2n) is 8.88. The summed E-state index contributed by atoms with van der Waals surface area (Å²) in [6, 6.07) is 3.15. The number of likely N-dealkylation sites (tertiary alicyclic amines) is 1. The van der Waals surface area contributed by atoms with E-state index < -0.39 is 12.1 Å². The van der Waals surface area contributed by atoms with Gasteiger partial charge < -0.3 is 9.64 Å². The SMILES string of the molecule is O=C(Cc1cnccn1)c1ncccc1OC[C@H]1CCCN1C(=O)C1CCC(C(F)(F)F)CC1. The Balaban J connectivity index is 1.35. The molecule has 2 aliphatic rings. The number of nitrogens with zero attached hydrogens (tertiary/aromatic N) is 4. The van der Waals surface area contributed by atoms with Crippen LogP contribution in [-0.4, -0.2) is 56.9 Å². The number of Topliss-reactive ketones (excluding diaryl/α,β-unsaturated/α-hetero) is 1. The first kappa shape index (κ1) is 24.1. The highest BCUT2D eigenvalue weighted by Crippen LogP contribution is 2.40. The van der Waals surface area contributed by atoms with Gasteiger partial charge in [-0.3, -0.25) is 19.6 Å². The van der Waals surface area contributed by atoms with E-state index >= 15 is 0 Å². The number of hydrogen-bond acceptors (Lipinski definition) is 6. The molecule has 1 aliphatic heterocycles. The fourth-order valence-corrected chi connectivity index (χ4v) is 4.77. The fraction of sp³-hybridized carbons (Fsp3) is 0.542. The second-order valence-corrected chi connectivity index (χ2v) is 8.88. The van der Waals surface area contributed by atoms with Crippen molar-refractivity contribution >= 4 is 11.7 Å². The summed E-state index contributed by atoms with van der Waals surface area (Å²) in [6.45, 7) is 0.762. The Hall–Kier alpha value is -3.04. The Morgan fingerprint density at radius 2 is 1.85 bits per heavy atom. The van der Waals surface area contributed by atoms with Crippen molar-refractivity contribution in [1.82, 2.24) is 19.9 Å². The van der Waals surface area contributed by atoms with Crippen LogP contribution in [0.4, 0.5) is 13.2 Å². The number of aromatic nitrogens is 3. The Morgan fingerprint density at radius 3 is 2.56 bits per heavy atom. The quantitative estimate of drug-likeness (QED) is 0.561. The van der Waals surface area contributed by atoms with Crippen LogP contribution in [0.25, 0.3) is 0 Å². The lowest BCUT2D eigenvalue weighted by Gasteiger charge is -2.33. The average Bonchev–Trinajstić information content (AvgIpc) is 3.31. The summed E-state index contributed by atoms with van der Waals surface area (Å²) >= 11 is 0. The molecule has 0 bridgehead atoms. The highest BCUT2D eigenvalue weighted by atomic mass is 19.4. The molecule has 10 heteroatoms. The van der Waals surface area contributed by atoms with E-state index in [-0.39, 0.29) is 68.1 Å². The van der Waals surface area contributed by atoms with Crippen LogP contribution in [0.5, 0.6) is 5.75 Å². The minimum atomic E-state index is -4.19. The molecular formula is C24H27F3N4O3. The summed E-state index contributed by atoms with van der Waals surface area (Å²) in [7, 11) is 0. The molecule has 0 N–H and O–H groups in total. The summed E-state index contributed by atoms with van der Waals surface area (Å²) in [6.07, 6.45) is 4.00. The molecule has 182 valence electrons. The zero-order valence-corrected chi connectivity index (χ0v) is 18.7. The molecule has 1 atom stereocenters. The highest BCUT2D eigenvalue weighted by Gasteiger charge is 2.44. The van der Waals surface area contributed by atoms with E-state index in [4.69, 9.17) is 4.74 Å². The smallest absolute Gasteiger partial charge is 0.391 e. The van der Waals surface area contributed by atoms with Gasteiger partial charge in [0.25, 0.3) is 0 Å². The van der Waals surface area contributed by atoms with E-state index in [1.165, 1.54) is 24.8 Å². The molecule has 2 aromatic heterocycles. The predicted octanol–water partition coefficient (Wildman–Crippen LogP) is 4.04. The molecule has 1 saturated heterocycles. The molecule has 1 saturated carbocycles. The zero-order chi connectivity index (χ0) is 24.1. The standard InChI is InChI=1S/C24H27F3N4O3/c25-24(26,27)17-7-5-16(6-8-17)23(33)31-12-2-3-19(31)15-34-21-4-1-9-30-22(21)20(32)13-18-14-28-10-11-29-18/h1,4,9-11,14,16-17,19H,2-3,5-8,12-13,15H2/t16?,17?,19-/m1/s1. The Kier molecular flexibility index (Phi) is 7.43. The van der Waals surface area contributed by atoms with Gasteiger partial charge in [-0.15, -0.1) is 0 Å². The number of hydrogen-bond donors (Lipinski definition) is 0. The van der Waals surface area contributed by atoms with E-state index in [0.29, 0.717) is 18.0 Å². The first-order chi connectivity index (χ1) is 16.3. The molecule has 0 spiro atoms. The number of carbonyl (C=O) groups is 2. The van der Waals surface area contributed by atoms with Gasteiger partial charge in [-0.25, -0.2) is 4.98 Å². The van der Waals surface area contributed by atoms with Crippen molar-refractivity contribution in [3.8, 4) is 5.75 Å². The van der Waals surface area contributed by atoms with Crippen LogP contribution in [0.3, 0.4) is 0 Å². The van der Waals surface area contributed by atoms with Crippen LogP contribution in [-0.2, 0) is 11.2 Å². The number of pyridine rings is 1. The maximum absolute atomic E-state index is 13.1. The molecule has 0 radical (unpaired) electrons. The Labute approximate surface area is 195 Å². The van der Waals surface area contributed by atoms with Crippen molar-refractivity contribution in [3.63, 3.8) is 0 Å². The average molecular weight is 476 g/mol. The summed E-state index contributed by atoms with van der Waals surface area (Å²) in [5.74, 6) is -1.69. The van der Waals surface area contributed by atoms with E-state index in [9.17, 15) is 22.8 Å². The number of halogens is 3. The van der Waals surface area contributed by atoms with E-state index in [2.05, 4.69) is 15.0 Å². The third kappa shape index (κ3) is 5.71. The number of ether oxygens (including phenoxy) is 1. The summed E-state index contributed by atoms with van der Waals surface area (Å²) < 4.78 is 44.8. The minimum absolute atomic E-state index is 0.00185. The summed E-state index contributed by atoms with van der Waals surface area (Å²) in [5.41, 5.74) is 0.714. The summed E-state index contributed by atoms with van der Waals surface area (Å²) in [4.78, 5) is 39.8. The van der Waals surface area contributed by atoms with E-state index in [1.807, 2.05) is 0 Å². The number of ketones is 1. The van der Waals surface area contributed by atoms with Crippen LogP contribution in [0.1, 0.15) is 54.7 Å². The fourth-order valence-electron chi connectivity index (χ4n) is 4.77. The Bertz CT molecular complexity index is 994. The number of rotatable bonds is 7. The van der Waals surface area contributed by atoms with Crippen LogP contribution >= 0.6 is 0 Å². The molecular weight excluding hydrogens is 449 g/mol. The lowest BCUT2D eigenvalue weighted by Crippen LogP contribution is -2.44. The zero-order valence-electron chi connectivity index (χ0n) is 18.7. The normalized spacial score (nSPS) is 23.0. The van der Waals surface area contributed by atoms with Gasteiger partial charge in [-0.2, -0.15) is 13.2 Å². The molecule has 3 heterocycles. The molecule has 0 aromatic carbocycles. The van der Waals surface area contributed by atoms with Crippen LogP contribution in [0.2, 0.25) is 0 Å². The van der Waals surface area contributed by atoms with Gasteiger partial charge in [0.2, 0.25) is 5.91 Å². The Morgan fingerprint density at radius 1 is 1.06 bits per heavy atom. The summed E-state index contributed by atoms with van der Waals surface area (Å²) in [5, 5.41) is 0. The van der Waals surface area contributed by atoms with Crippen LogP contribution < -0.4 is 4.74 Å². The van der Waals surface area contributed by atoms with Gasteiger partial charge in [0, 0.05) is 37.3 Å². The third-order valence-electron chi connectivity index (χ3n) is 6.62. The lowest BCUT2D eigenvalue weighted by molar-refractivity contribution is -0.185. The maximum atomic E-state index is 13.1. The molecule has 7 nitrogen and oxygen atoms in total. The maximum Gasteiger partial charge on any atom is 0.391 e. The molecule has 2 aromatic rings. The predicted molar refractivity (Wildman–Crippen MR) is 116 cm³/mol. The van der Waals surface area contributed by atoms with E-state index in [0.717, 1.165) is 12.8 Å². The van der Waals surface area contributed by atoms with Crippen molar-refractivity contribution < 1.29 is 27.5 Å². The lowest BCUT2D eigenvalue weighted by atomic mass is 9.81. The first-order valence-electron chi connectivity index (χ1n) is 11.6. The van der Waals surface area contributed by atoms with Crippen LogP contribution in [0.15, 0.2) is 36.9 Å². The van der Waals surface area contributed by atoms with Crippen molar-refractivity contribution in [2.45, 2.75) is 57.2 Å². The number of alkyl halides is 3. The van der Waals surface area contributed by atoms with Gasteiger partial charge in [0.15, 0.2) is 5.78 Å². The van der Waals surface area contributed by atoms with Gasteiger partial charge in [-0.1, -0.05) is 0 Å². The highest BCUT2D eigenvalue weighted by molar-refractivity contribution is 5.97.